The van der Waals surface area contributed by atoms with Gasteiger partial charge in [0, 0.05) is 24.8 Å². The van der Waals surface area contributed by atoms with Gasteiger partial charge in [-0.3, -0.25) is 9.59 Å². The Bertz CT molecular complexity index is 597. The van der Waals surface area contributed by atoms with Crippen molar-refractivity contribution in [2.75, 3.05) is 0 Å². The zero-order valence-corrected chi connectivity index (χ0v) is 14.5. The molecule has 0 bridgehead atoms. The number of hydrogen-bond acceptors (Lipinski definition) is 3. The fourth-order valence-electron chi connectivity index (χ4n) is 3.18. The van der Waals surface area contributed by atoms with Crippen molar-refractivity contribution in [1.29, 1.82) is 0 Å². The predicted octanol–water partition coefficient (Wildman–Crippen LogP) is 1.88. The molecule has 2 atom stereocenters. The second-order valence-corrected chi connectivity index (χ2v) is 6.74. The van der Waals surface area contributed by atoms with Gasteiger partial charge in [0.2, 0.25) is 11.8 Å². The van der Waals surface area contributed by atoms with Gasteiger partial charge >= 0.3 is 5.97 Å². The summed E-state index contributed by atoms with van der Waals surface area (Å²) in [5, 5.41) is 14.7. The Morgan fingerprint density at radius 1 is 1.12 bits per heavy atom. The van der Waals surface area contributed by atoms with Gasteiger partial charge in [-0.1, -0.05) is 43.2 Å². The van der Waals surface area contributed by atoms with E-state index in [2.05, 4.69) is 10.6 Å². The van der Waals surface area contributed by atoms with Gasteiger partial charge in [0.15, 0.2) is 0 Å². The van der Waals surface area contributed by atoms with Crippen LogP contribution in [0.15, 0.2) is 30.3 Å². The summed E-state index contributed by atoms with van der Waals surface area (Å²) in [4.78, 5) is 35.6. The van der Waals surface area contributed by atoms with Crippen LogP contribution in [0.1, 0.15) is 44.6 Å². The minimum atomic E-state index is -1.07. The number of carboxylic acids is 1. The van der Waals surface area contributed by atoms with E-state index in [0.717, 1.165) is 31.2 Å². The van der Waals surface area contributed by atoms with E-state index in [9.17, 15) is 19.5 Å². The monoisotopic (exact) mass is 346 g/mol. The third-order valence-corrected chi connectivity index (χ3v) is 4.52. The summed E-state index contributed by atoms with van der Waals surface area (Å²) in [6.45, 7) is 1.76. The topological polar surface area (TPSA) is 95.5 Å². The molecule has 0 saturated heterocycles. The Morgan fingerprint density at radius 3 is 2.36 bits per heavy atom. The van der Waals surface area contributed by atoms with Crippen molar-refractivity contribution >= 4 is 17.8 Å². The third-order valence-electron chi connectivity index (χ3n) is 4.52. The van der Waals surface area contributed by atoms with Gasteiger partial charge in [0.1, 0.15) is 6.04 Å². The molecule has 2 amide bonds. The largest absolute Gasteiger partial charge is 0.480 e. The molecule has 1 aromatic rings. The van der Waals surface area contributed by atoms with E-state index in [1.165, 1.54) is 0 Å². The van der Waals surface area contributed by atoms with E-state index >= 15 is 0 Å². The molecule has 0 aliphatic heterocycles. The average Bonchev–Trinajstić information content (AvgIpc) is 3.09. The van der Waals surface area contributed by atoms with Crippen LogP contribution in [-0.4, -0.2) is 35.0 Å². The molecule has 2 rings (SSSR count). The van der Waals surface area contributed by atoms with Crippen LogP contribution in [0.4, 0.5) is 0 Å². The van der Waals surface area contributed by atoms with E-state index in [4.69, 9.17) is 0 Å². The lowest BCUT2D eigenvalue weighted by molar-refractivity contribution is -0.142. The number of amides is 2. The molecule has 0 radical (unpaired) electrons. The van der Waals surface area contributed by atoms with Crippen LogP contribution in [0, 0.1) is 5.92 Å². The number of aliphatic carboxylic acids is 1. The summed E-state index contributed by atoms with van der Waals surface area (Å²) in [6.07, 6.45) is 4.26. The van der Waals surface area contributed by atoms with Crippen molar-refractivity contribution in [3.05, 3.63) is 35.9 Å². The van der Waals surface area contributed by atoms with E-state index in [-0.39, 0.29) is 36.6 Å². The SMILES string of the molecule is CC(CC(=O)NC(Cc1ccccc1)C(=O)O)NC(=O)C1CCCC1. The Hall–Kier alpha value is -2.37. The minimum Gasteiger partial charge on any atom is -0.480 e. The maximum Gasteiger partial charge on any atom is 0.326 e. The average molecular weight is 346 g/mol. The maximum atomic E-state index is 12.1. The van der Waals surface area contributed by atoms with Crippen LogP contribution < -0.4 is 10.6 Å². The second kappa shape index (κ2) is 9.20. The minimum absolute atomic E-state index is 0.00290. The van der Waals surface area contributed by atoms with Crippen molar-refractivity contribution in [1.82, 2.24) is 10.6 Å². The number of carboxylic acid groups (broad SMARTS) is 1. The standard InChI is InChI=1S/C19H26N2O4/c1-13(20-18(23)15-9-5-6-10-15)11-17(22)21-16(19(24)25)12-14-7-3-2-4-8-14/h2-4,7-8,13,15-16H,5-6,9-12H2,1H3,(H,20,23)(H,21,22)(H,24,25). The van der Waals surface area contributed by atoms with Crippen LogP contribution >= 0.6 is 0 Å². The number of carbonyl (C=O) groups is 3. The molecule has 0 aromatic heterocycles. The van der Waals surface area contributed by atoms with Gasteiger partial charge in [0.25, 0.3) is 0 Å². The molecule has 0 spiro atoms. The molecule has 2 unspecified atom stereocenters. The van der Waals surface area contributed by atoms with E-state index < -0.39 is 12.0 Å². The second-order valence-electron chi connectivity index (χ2n) is 6.74. The molecule has 1 aliphatic carbocycles. The highest BCUT2D eigenvalue weighted by Crippen LogP contribution is 2.24. The zero-order valence-electron chi connectivity index (χ0n) is 14.5. The molecule has 136 valence electrons. The number of hydrogen-bond donors (Lipinski definition) is 3. The van der Waals surface area contributed by atoms with Gasteiger partial charge in [-0.2, -0.15) is 0 Å². The van der Waals surface area contributed by atoms with Gasteiger partial charge in [-0.25, -0.2) is 4.79 Å². The number of rotatable bonds is 8. The molecule has 3 N–H and O–H groups in total. The summed E-state index contributed by atoms with van der Waals surface area (Å²) >= 11 is 0. The Morgan fingerprint density at radius 2 is 1.76 bits per heavy atom. The maximum absolute atomic E-state index is 12.1. The summed E-state index contributed by atoms with van der Waals surface area (Å²) in [6, 6.07) is 7.87. The summed E-state index contributed by atoms with van der Waals surface area (Å²) in [5.41, 5.74) is 0.845. The first-order chi connectivity index (χ1) is 12.0. The normalized spacial score (nSPS) is 16.8. The molecular weight excluding hydrogens is 320 g/mol. The molecule has 1 aliphatic rings. The fraction of sp³-hybridized carbons (Fsp3) is 0.526. The van der Waals surface area contributed by atoms with Gasteiger partial charge < -0.3 is 15.7 Å². The lowest BCUT2D eigenvalue weighted by Gasteiger charge is -2.19. The molecular formula is C19H26N2O4. The first kappa shape index (κ1) is 19.0. The first-order valence-corrected chi connectivity index (χ1v) is 8.82. The Labute approximate surface area is 148 Å². The van der Waals surface area contributed by atoms with Crippen LogP contribution in [0.3, 0.4) is 0 Å². The molecule has 6 heteroatoms. The van der Waals surface area contributed by atoms with Crippen LogP contribution in [0.25, 0.3) is 0 Å². The Kier molecular flexibility index (Phi) is 6.98. The van der Waals surface area contributed by atoms with Crippen LogP contribution in [0.5, 0.6) is 0 Å². The van der Waals surface area contributed by atoms with E-state index in [0.29, 0.717) is 0 Å². The quantitative estimate of drug-likeness (QED) is 0.670. The highest BCUT2D eigenvalue weighted by molar-refractivity contribution is 5.85. The van der Waals surface area contributed by atoms with Crippen molar-refractivity contribution < 1.29 is 19.5 Å². The fourth-order valence-corrected chi connectivity index (χ4v) is 3.18. The van der Waals surface area contributed by atoms with E-state index in [1.54, 1.807) is 6.92 Å². The Balaban J connectivity index is 1.81. The lowest BCUT2D eigenvalue weighted by Crippen LogP contribution is -2.45. The lowest BCUT2D eigenvalue weighted by atomic mass is 10.1. The van der Waals surface area contributed by atoms with Crippen molar-refractivity contribution in [2.24, 2.45) is 5.92 Å². The summed E-state index contributed by atoms with van der Waals surface area (Å²) in [5.74, 6) is -1.39. The number of benzene rings is 1. The van der Waals surface area contributed by atoms with Crippen molar-refractivity contribution in [2.45, 2.75) is 57.5 Å². The third kappa shape index (κ3) is 6.21. The van der Waals surface area contributed by atoms with Gasteiger partial charge in [-0.05, 0) is 25.3 Å². The molecule has 1 saturated carbocycles. The van der Waals surface area contributed by atoms with Crippen molar-refractivity contribution in [3.8, 4) is 0 Å². The number of nitrogens with one attached hydrogen (secondary N) is 2. The summed E-state index contributed by atoms with van der Waals surface area (Å²) in [7, 11) is 0. The smallest absolute Gasteiger partial charge is 0.326 e. The van der Waals surface area contributed by atoms with Crippen molar-refractivity contribution in [3.63, 3.8) is 0 Å². The van der Waals surface area contributed by atoms with Gasteiger partial charge in [-0.15, -0.1) is 0 Å². The zero-order chi connectivity index (χ0) is 18.2. The molecule has 0 heterocycles. The first-order valence-electron chi connectivity index (χ1n) is 8.82. The van der Waals surface area contributed by atoms with Gasteiger partial charge in [0.05, 0.1) is 0 Å². The molecule has 6 nitrogen and oxygen atoms in total. The summed E-state index contributed by atoms with van der Waals surface area (Å²) < 4.78 is 0. The van der Waals surface area contributed by atoms with Crippen LogP contribution in [-0.2, 0) is 20.8 Å². The molecule has 1 fully saturated rings. The molecule has 25 heavy (non-hydrogen) atoms. The number of carbonyl (C=O) groups excluding carboxylic acids is 2. The highest BCUT2D eigenvalue weighted by Gasteiger charge is 2.25. The molecule has 1 aromatic carbocycles. The van der Waals surface area contributed by atoms with Crippen LogP contribution in [0.2, 0.25) is 0 Å². The highest BCUT2D eigenvalue weighted by atomic mass is 16.4. The predicted molar refractivity (Wildman–Crippen MR) is 93.9 cm³/mol. The van der Waals surface area contributed by atoms with E-state index in [1.807, 2.05) is 30.3 Å².